The number of anilines is 1. The number of carbonyl (C=O) groups excluding carboxylic acids is 4. The number of rotatable bonds is 4. The van der Waals surface area contributed by atoms with E-state index in [1.54, 1.807) is 42.5 Å². The zero-order chi connectivity index (χ0) is 26.1. The van der Waals surface area contributed by atoms with Crippen LogP contribution in [0.4, 0.5) is 11.4 Å². The Balaban J connectivity index is 1.54. The summed E-state index contributed by atoms with van der Waals surface area (Å²) < 4.78 is 11.5. The lowest BCUT2D eigenvalue weighted by Crippen LogP contribution is -2.51. The maximum atomic E-state index is 14.0. The van der Waals surface area contributed by atoms with E-state index in [0.29, 0.717) is 5.56 Å². The smallest absolute Gasteiger partial charge is 0.273 e. The van der Waals surface area contributed by atoms with Crippen LogP contribution in [0.15, 0.2) is 72.8 Å². The van der Waals surface area contributed by atoms with Crippen molar-refractivity contribution < 1.29 is 33.6 Å². The average Bonchev–Trinajstić information content (AvgIpc) is 3.48. The van der Waals surface area contributed by atoms with Crippen molar-refractivity contribution in [3.63, 3.8) is 0 Å². The lowest BCUT2D eigenvalue weighted by Gasteiger charge is -2.27. The van der Waals surface area contributed by atoms with E-state index in [2.05, 4.69) is 0 Å². The van der Waals surface area contributed by atoms with Crippen LogP contribution in [0.25, 0.3) is 0 Å². The summed E-state index contributed by atoms with van der Waals surface area (Å²) in [4.78, 5) is 66.9. The molecular weight excluding hydrogens is 480 g/mol. The lowest BCUT2D eigenvalue weighted by molar-refractivity contribution is -0.384. The van der Waals surface area contributed by atoms with Crippen molar-refractivity contribution >= 4 is 34.8 Å². The van der Waals surface area contributed by atoms with E-state index in [1.807, 2.05) is 0 Å². The fraction of sp³-hybridized carbons (Fsp3) is 0.185. The number of fused-ring (bicyclic) bond motifs is 3. The van der Waals surface area contributed by atoms with Crippen molar-refractivity contribution in [3.8, 4) is 5.75 Å². The summed E-state index contributed by atoms with van der Waals surface area (Å²) in [5.74, 6) is -5.52. The summed E-state index contributed by atoms with van der Waals surface area (Å²) in [6.45, 7) is 0. The van der Waals surface area contributed by atoms with Crippen LogP contribution in [0, 0.1) is 22.0 Å². The summed E-state index contributed by atoms with van der Waals surface area (Å²) in [6.07, 6.45) is -1.06. The highest BCUT2D eigenvalue weighted by Gasteiger charge is 2.74. The molecular formula is C27H18N2O8. The highest BCUT2D eigenvalue weighted by atomic mass is 16.6. The summed E-state index contributed by atoms with van der Waals surface area (Å²) in [5.41, 5.74) is -1.72. The molecule has 37 heavy (non-hydrogen) atoms. The second-order valence-corrected chi connectivity index (χ2v) is 9.02. The van der Waals surface area contributed by atoms with Gasteiger partial charge >= 0.3 is 0 Å². The number of amides is 2. The molecule has 1 spiro atoms. The topological polar surface area (TPSA) is 133 Å². The van der Waals surface area contributed by atoms with Gasteiger partial charge in [-0.2, -0.15) is 0 Å². The normalized spacial score (nSPS) is 23.5. The zero-order valence-corrected chi connectivity index (χ0v) is 19.3. The number of hydrogen-bond acceptors (Lipinski definition) is 8. The van der Waals surface area contributed by atoms with E-state index in [1.165, 1.54) is 25.3 Å². The molecule has 3 atom stereocenters. The molecule has 0 aromatic heterocycles. The molecule has 3 aliphatic rings. The number of Topliss-reactive ketones (excluding diaryl/α,β-unsaturated/α-hetero) is 2. The molecule has 2 aliphatic heterocycles. The van der Waals surface area contributed by atoms with Gasteiger partial charge in [0.25, 0.3) is 5.69 Å². The first-order valence-electron chi connectivity index (χ1n) is 11.4. The first-order chi connectivity index (χ1) is 17.8. The Labute approximate surface area is 209 Å². The maximum absolute atomic E-state index is 14.0. The van der Waals surface area contributed by atoms with Gasteiger partial charge in [0.15, 0.2) is 0 Å². The molecule has 2 heterocycles. The third kappa shape index (κ3) is 2.90. The summed E-state index contributed by atoms with van der Waals surface area (Å²) >= 11 is 0. The van der Waals surface area contributed by atoms with Crippen LogP contribution < -0.4 is 9.64 Å². The van der Waals surface area contributed by atoms with E-state index in [4.69, 9.17) is 9.47 Å². The minimum Gasteiger partial charge on any atom is -0.494 e. The van der Waals surface area contributed by atoms with Gasteiger partial charge in [0.05, 0.1) is 41.7 Å². The van der Waals surface area contributed by atoms with Gasteiger partial charge in [-0.25, -0.2) is 4.90 Å². The minimum absolute atomic E-state index is 0.0186. The molecule has 0 saturated carbocycles. The zero-order valence-electron chi connectivity index (χ0n) is 19.3. The lowest BCUT2D eigenvalue weighted by atomic mass is 9.77. The molecule has 2 amide bonds. The van der Waals surface area contributed by atoms with Gasteiger partial charge in [-0.05, 0) is 11.6 Å². The predicted octanol–water partition coefficient (Wildman–Crippen LogP) is 3.30. The van der Waals surface area contributed by atoms with Gasteiger partial charge in [-0.3, -0.25) is 29.3 Å². The molecule has 0 N–H and O–H groups in total. The average molecular weight is 498 g/mol. The van der Waals surface area contributed by atoms with Crippen molar-refractivity contribution in [2.45, 2.75) is 11.7 Å². The number of imide groups is 1. The van der Waals surface area contributed by atoms with E-state index in [9.17, 15) is 29.3 Å². The molecule has 10 nitrogen and oxygen atoms in total. The van der Waals surface area contributed by atoms with Crippen molar-refractivity contribution in [2.75, 3.05) is 12.0 Å². The molecule has 1 aliphatic carbocycles. The van der Waals surface area contributed by atoms with Crippen molar-refractivity contribution in [1.29, 1.82) is 0 Å². The van der Waals surface area contributed by atoms with E-state index in [-0.39, 0.29) is 28.3 Å². The molecule has 10 heteroatoms. The fourth-order valence-electron chi connectivity index (χ4n) is 5.66. The van der Waals surface area contributed by atoms with Gasteiger partial charge in [0, 0.05) is 17.2 Å². The summed E-state index contributed by atoms with van der Waals surface area (Å²) in [6, 6.07) is 18.3. The Morgan fingerprint density at radius 2 is 1.51 bits per heavy atom. The number of hydrogen-bond donors (Lipinski definition) is 0. The molecule has 2 saturated heterocycles. The SMILES string of the molecule is COc1cc([N+](=O)[O-])ccc1N1C(=O)[C@H]2[C@@H](C1=O)C1(O[C@H]2c2ccccc2)C(=O)c2ccccc2C1=O. The minimum atomic E-state index is -2.20. The largest absolute Gasteiger partial charge is 0.494 e. The number of methoxy groups -OCH3 is 1. The van der Waals surface area contributed by atoms with E-state index in [0.717, 1.165) is 17.0 Å². The van der Waals surface area contributed by atoms with Crippen LogP contribution in [-0.2, 0) is 14.3 Å². The Bertz CT molecular complexity index is 1500. The molecule has 2 fully saturated rings. The Morgan fingerprint density at radius 3 is 2.11 bits per heavy atom. The summed E-state index contributed by atoms with van der Waals surface area (Å²) in [7, 11) is 1.26. The van der Waals surface area contributed by atoms with Gasteiger partial charge < -0.3 is 9.47 Å². The van der Waals surface area contributed by atoms with Crippen LogP contribution in [0.3, 0.4) is 0 Å². The first kappa shape index (κ1) is 22.7. The molecule has 6 rings (SSSR count). The standard InChI is InChI=1S/C27H18N2O8/c1-36-19-13-15(29(34)35)11-12-18(19)28-25(32)20-21(26(28)33)27(37-22(20)14-7-3-2-4-8-14)23(30)16-9-5-6-10-17(16)24(27)31/h2-13,20-22H,1H3/t20-,21-,22-/m0/s1. The quantitative estimate of drug-likeness (QED) is 0.232. The summed E-state index contributed by atoms with van der Waals surface area (Å²) in [5, 5.41) is 11.3. The van der Waals surface area contributed by atoms with Crippen LogP contribution >= 0.6 is 0 Å². The van der Waals surface area contributed by atoms with E-state index >= 15 is 0 Å². The second kappa shape index (κ2) is 7.90. The van der Waals surface area contributed by atoms with Crippen molar-refractivity contribution in [3.05, 3.63) is 99.6 Å². The number of non-ortho nitro benzene ring substituents is 1. The fourth-order valence-corrected chi connectivity index (χ4v) is 5.66. The number of ether oxygens (including phenoxy) is 2. The number of nitrogens with zero attached hydrogens (tertiary/aromatic N) is 2. The van der Waals surface area contributed by atoms with Crippen molar-refractivity contribution in [1.82, 2.24) is 0 Å². The van der Waals surface area contributed by atoms with Crippen molar-refractivity contribution in [2.24, 2.45) is 11.8 Å². The van der Waals surface area contributed by atoms with Crippen LogP contribution in [0.2, 0.25) is 0 Å². The van der Waals surface area contributed by atoms with E-state index < -0.39 is 51.8 Å². The molecule has 0 bridgehead atoms. The third-order valence-corrected chi connectivity index (χ3v) is 7.26. The predicted molar refractivity (Wildman–Crippen MR) is 127 cm³/mol. The Hall–Kier alpha value is -4.70. The second-order valence-electron chi connectivity index (χ2n) is 9.02. The number of ketones is 2. The van der Waals surface area contributed by atoms with Gasteiger partial charge in [-0.1, -0.05) is 54.6 Å². The highest BCUT2D eigenvalue weighted by Crippen LogP contribution is 2.58. The van der Waals surface area contributed by atoms with Crippen LogP contribution in [0.1, 0.15) is 32.4 Å². The monoisotopic (exact) mass is 498 g/mol. The number of benzene rings is 3. The molecule has 184 valence electrons. The molecule has 3 aromatic rings. The van der Waals surface area contributed by atoms with Gasteiger partial charge in [0.2, 0.25) is 29.0 Å². The van der Waals surface area contributed by atoms with Gasteiger partial charge in [0.1, 0.15) is 5.75 Å². The maximum Gasteiger partial charge on any atom is 0.273 e. The van der Waals surface area contributed by atoms with Crippen LogP contribution in [-0.4, -0.2) is 41.0 Å². The van der Waals surface area contributed by atoms with Crippen LogP contribution in [0.5, 0.6) is 5.75 Å². The number of nitro groups is 1. The Morgan fingerprint density at radius 1 is 0.892 bits per heavy atom. The molecule has 0 radical (unpaired) electrons. The highest BCUT2D eigenvalue weighted by molar-refractivity contribution is 6.37. The third-order valence-electron chi connectivity index (χ3n) is 7.26. The first-order valence-corrected chi connectivity index (χ1v) is 11.4. The Kier molecular flexibility index (Phi) is 4.86. The number of nitro benzene ring substituents is 1. The molecule has 3 aromatic carbocycles. The van der Waals surface area contributed by atoms with Gasteiger partial charge in [-0.15, -0.1) is 0 Å². The molecule has 0 unspecified atom stereocenters. The number of carbonyl (C=O) groups is 4.